The number of benzene rings is 2. The summed E-state index contributed by atoms with van der Waals surface area (Å²) in [5, 5.41) is 1.25. The van der Waals surface area contributed by atoms with Gasteiger partial charge in [0.2, 0.25) is 0 Å². The van der Waals surface area contributed by atoms with Crippen molar-refractivity contribution in [3.8, 4) is 22.4 Å². The first kappa shape index (κ1) is 11.2. The molecule has 20 heavy (non-hydrogen) atoms. The molecular weight excluding hydrogens is 242 g/mol. The summed E-state index contributed by atoms with van der Waals surface area (Å²) in [6, 6.07) is 27.7. The van der Waals surface area contributed by atoms with Crippen LogP contribution in [0.2, 0.25) is 0 Å². The zero-order chi connectivity index (χ0) is 13.4. The van der Waals surface area contributed by atoms with E-state index < -0.39 is 0 Å². The van der Waals surface area contributed by atoms with Crippen molar-refractivity contribution in [3.63, 3.8) is 0 Å². The molecule has 0 bridgehead atoms. The summed E-state index contributed by atoms with van der Waals surface area (Å²) in [6.45, 7) is 0. The Labute approximate surface area is 117 Å². The molecule has 4 aromatic rings. The number of nitrogens with one attached hydrogen (secondary N) is 1. The number of aromatic nitrogens is 1. The van der Waals surface area contributed by atoms with Crippen LogP contribution in [0.4, 0.5) is 0 Å². The Morgan fingerprint density at radius 3 is 2.70 bits per heavy atom. The molecule has 0 aliphatic rings. The predicted molar refractivity (Wildman–Crippen MR) is 82.6 cm³/mol. The molecule has 1 heterocycles. The van der Waals surface area contributed by atoms with Gasteiger partial charge in [-0.25, -0.2) is 6.07 Å². The fourth-order valence-electron chi connectivity index (χ4n) is 2.66. The molecule has 0 spiro atoms. The Morgan fingerprint density at radius 1 is 0.900 bits per heavy atom. The number of aromatic amines is 1. The first-order chi connectivity index (χ1) is 9.90. The number of para-hydroxylation sites is 1. The minimum absolute atomic E-state index is 1.17. The van der Waals surface area contributed by atoms with Crippen molar-refractivity contribution in [2.75, 3.05) is 0 Å². The summed E-state index contributed by atoms with van der Waals surface area (Å²) in [6.07, 6.45) is 0. The average Bonchev–Trinajstić information content (AvgIpc) is 3.16. The lowest BCUT2D eigenvalue weighted by Crippen LogP contribution is -2.00. The van der Waals surface area contributed by atoms with Crippen LogP contribution >= 0.6 is 0 Å². The van der Waals surface area contributed by atoms with Crippen LogP contribution in [0.15, 0.2) is 78.9 Å². The average molecular weight is 256 g/mol. The number of hydrogen-bond acceptors (Lipinski definition) is 0. The third-order valence-electron chi connectivity index (χ3n) is 3.70. The van der Waals surface area contributed by atoms with Gasteiger partial charge >= 0.3 is 0 Å². The fraction of sp³-hybridized carbons (Fsp3) is 0. The van der Waals surface area contributed by atoms with Crippen molar-refractivity contribution in [2.45, 2.75) is 0 Å². The first-order valence-electron chi connectivity index (χ1n) is 6.80. The van der Waals surface area contributed by atoms with Gasteiger partial charge in [-0.15, -0.1) is 17.7 Å². The lowest BCUT2D eigenvalue weighted by Gasteiger charge is -2.09. The van der Waals surface area contributed by atoms with Crippen LogP contribution < -0.4 is 4.98 Å². The molecule has 0 radical (unpaired) electrons. The van der Waals surface area contributed by atoms with E-state index in [-0.39, 0.29) is 0 Å². The minimum Gasteiger partial charge on any atom is -0.275 e. The molecule has 0 aliphatic carbocycles. The van der Waals surface area contributed by atoms with E-state index >= 15 is 0 Å². The Balaban J connectivity index is 1.84. The number of hydrogen-bond donors (Lipinski definition) is 0. The Bertz CT molecular complexity index is 817. The van der Waals surface area contributed by atoms with Crippen molar-refractivity contribution in [2.24, 2.45) is 0 Å². The maximum Gasteiger partial charge on any atom is 0.133 e. The van der Waals surface area contributed by atoms with Gasteiger partial charge in [0, 0.05) is 0 Å². The summed E-state index contributed by atoms with van der Waals surface area (Å²) in [7, 11) is 0. The van der Waals surface area contributed by atoms with Gasteiger partial charge in [-0.3, -0.25) is 4.98 Å². The zero-order valence-electron chi connectivity index (χ0n) is 11.0. The highest BCUT2D eigenvalue weighted by Gasteiger charge is 2.03. The van der Waals surface area contributed by atoms with Crippen LogP contribution in [0.3, 0.4) is 0 Å². The SMILES string of the molecule is c1cc(-c2cc[cH-]c2)cc(-[c-]2cc3ccccc3[nH+]2)c1. The third-order valence-corrected chi connectivity index (χ3v) is 3.70. The second-order valence-electron chi connectivity index (χ2n) is 5.02. The van der Waals surface area contributed by atoms with E-state index in [1.54, 1.807) is 0 Å². The monoisotopic (exact) mass is 256 g/mol. The van der Waals surface area contributed by atoms with Crippen molar-refractivity contribution in [1.82, 2.24) is 0 Å². The molecule has 0 saturated heterocycles. The normalized spacial score (nSPS) is 11.0. The smallest absolute Gasteiger partial charge is 0.133 e. The molecule has 0 unspecified atom stereocenters. The third kappa shape index (κ3) is 1.84. The lowest BCUT2D eigenvalue weighted by atomic mass is 10.0. The van der Waals surface area contributed by atoms with Gasteiger partial charge in [0.15, 0.2) is 0 Å². The molecule has 3 aromatic carbocycles. The van der Waals surface area contributed by atoms with Crippen LogP contribution in [0.1, 0.15) is 0 Å². The van der Waals surface area contributed by atoms with E-state index in [0.29, 0.717) is 0 Å². The second-order valence-corrected chi connectivity index (χ2v) is 5.02. The highest BCUT2D eigenvalue weighted by atomic mass is 14.7. The Morgan fingerprint density at radius 2 is 1.85 bits per heavy atom. The molecule has 1 nitrogen and oxygen atoms in total. The summed E-state index contributed by atoms with van der Waals surface area (Å²) < 4.78 is 0. The van der Waals surface area contributed by atoms with E-state index in [9.17, 15) is 0 Å². The summed E-state index contributed by atoms with van der Waals surface area (Å²) in [5.74, 6) is 0. The molecule has 0 fully saturated rings. The molecule has 0 aliphatic heterocycles. The predicted octanol–water partition coefficient (Wildman–Crippen LogP) is 4.43. The summed E-state index contributed by atoms with van der Waals surface area (Å²) in [5.41, 5.74) is 6.09. The molecule has 1 heteroatoms. The van der Waals surface area contributed by atoms with Crippen LogP contribution in [0.25, 0.3) is 33.3 Å². The maximum absolute atomic E-state index is 3.48. The van der Waals surface area contributed by atoms with Crippen molar-refractivity contribution in [1.29, 1.82) is 0 Å². The molecule has 4 rings (SSSR count). The quantitative estimate of drug-likeness (QED) is 0.471. The molecule has 0 amide bonds. The Hall–Kier alpha value is -2.67. The van der Waals surface area contributed by atoms with Gasteiger partial charge in [0.1, 0.15) is 11.2 Å². The van der Waals surface area contributed by atoms with E-state index in [4.69, 9.17) is 0 Å². The van der Waals surface area contributed by atoms with Crippen LogP contribution in [-0.2, 0) is 0 Å². The molecule has 1 N–H and O–H groups in total. The van der Waals surface area contributed by atoms with Crippen LogP contribution in [-0.4, -0.2) is 0 Å². The zero-order valence-corrected chi connectivity index (χ0v) is 11.0. The van der Waals surface area contributed by atoms with Gasteiger partial charge in [-0.05, 0) is 11.5 Å². The van der Waals surface area contributed by atoms with Gasteiger partial charge in [-0.2, -0.15) is 23.8 Å². The standard InChI is InChI=1S/C19H14N/c1-2-7-14(6-1)15-9-5-10-16(12-15)19-13-17-8-3-4-11-18(17)20-19/h1-13,20H/q-1. The van der Waals surface area contributed by atoms with Gasteiger partial charge < -0.3 is 0 Å². The van der Waals surface area contributed by atoms with Crippen molar-refractivity contribution >= 4 is 10.9 Å². The minimum atomic E-state index is 1.17. The van der Waals surface area contributed by atoms with E-state index in [1.165, 1.54) is 33.3 Å². The first-order valence-corrected chi connectivity index (χ1v) is 6.80. The van der Waals surface area contributed by atoms with E-state index in [0.717, 1.165) is 0 Å². The highest BCUT2D eigenvalue weighted by molar-refractivity contribution is 5.82. The fourth-order valence-corrected chi connectivity index (χ4v) is 2.66. The highest BCUT2D eigenvalue weighted by Crippen LogP contribution is 2.26. The largest absolute Gasteiger partial charge is 0.275 e. The topological polar surface area (TPSA) is 14.1 Å². The van der Waals surface area contributed by atoms with Gasteiger partial charge in [0.25, 0.3) is 0 Å². The second kappa shape index (κ2) is 4.46. The summed E-state index contributed by atoms with van der Waals surface area (Å²) >= 11 is 0. The Kier molecular flexibility index (Phi) is 2.49. The lowest BCUT2D eigenvalue weighted by molar-refractivity contribution is -0.327. The molecular formula is C19H14N-. The molecule has 1 aromatic heterocycles. The number of rotatable bonds is 2. The summed E-state index contributed by atoms with van der Waals surface area (Å²) in [4.78, 5) is 3.48. The van der Waals surface area contributed by atoms with E-state index in [2.05, 4.69) is 83.8 Å². The van der Waals surface area contributed by atoms with E-state index in [1.807, 2.05) is 0 Å². The molecule has 96 valence electrons. The van der Waals surface area contributed by atoms with Gasteiger partial charge in [-0.1, -0.05) is 42.0 Å². The van der Waals surface area contributed by atoms with Gasteiger partial charge in [0.05, 0.1) is 0 Å². The maximum atomic E-state index is 3.48. The molecule has 0 atom stereocenters. The van der Waals surface area contributed by atoms with Crippen LogP contribution in [0, 0.1) is 0 Å². The van der Waals surface area contributed by atoms with Crippen LogP contribution in [0.5, 0.6) is 0 Å². The number of fused-ring (bicyclic) bond motifs is 1. The van der Waals surface area contributed by atoms with Crippen molar-refractivity contribution in [3.05, 3.63) is 78.9 Å². The number of H-pyrrole nitrogens is 1. The van der Waals surface area contributed by atoms with Crippen molar-refractivity contribution < 1.29 is 4.98 Å². The molecule has 0 saturated carbocycles.